The van der Waals surface area contributed by atoms with Gasteiger partial charge in [-0.3, -0.25) is 4.90 Å². The largest absolute Gasteiger partial charge is 0.493 e. The predicted molar refractivity (Wildman–Crippen MR) is 109 cm³/mol. The molecule has 27 heavy (non-hydrogen) atoms. The van der Waals surface area contributed by atoms with Gasteiger partial charge in [-0.15, -0.1) is 0 Å². The average Bonchev–Trinajstić information content (AvgIpc) is 3.10. The van der Waals surface area contributed by atoms with Crippen molar-refractivity contribution in [3.05, 3.63) is 70.8 Å². The summed E-state index contributed by atoms with van der Waals surface area (Å²) in [5.74, 6) is 2.39. The van der Waals surface area contributed by atoms with Crippen LogP contribution in [0, 0.1) is 5.92 Å². The summed E-state index contributed by atoms with van der Waals surface area (Å²) in [6, 6.07) is 15.1. The van der Waals surface area contributed by atoms with Crippen molar-refractivity contribution in [2.24, 2.45) is 5.92 Å². The molecule has 3 nitrogen and oxygen atoms in total. The highest BCUT2D eigenvalue weighted by molar-refractivity contribution is 5.52. The van der Waals surface area contributed by atoms with Crippen LogP contribution in [-0.4, -0.2) is 32.2 Å². The van der Waals surface area contributed by atoms with Gasteiger partial charge in [-0.1, -0.05) is 42.0 Å². The summed E-state index contributed by atoms with van der Waals surface area (Å²) in [7, 11) is 3.42. The summed E-state index contributed by atoms with van der Waals surface area (Å²) < 4.78 is 10.9. The number of allylic oxidation sites excluding steroid dienone is 2. The minimum atomic E-state index is 0.713. The molecule has 0 radical (unpaired) electrons. The van der Waals surface area contributed by atoms with Crippen molar-refractivity contribution < 1.29 is 9.47 Å². The molecule has 1 aliphatic carbocycles. The molecular weight excluding hydrogens is 334 g/mol. The Balaban J connectivity index is 1.35. The van der Waals surface area contributed by atoms with E-state index in [9.17, 15) is 0 Å². The average molecular weight is 364 g/mol. The van der Waals surface area contributed by atoms with E-state index < -0.39 is 0 Å². The van der Waals surface area contributed by atoms with Gasteiger partial charge in [0, 0.05) is 6.54 Å². The number of methoxy groups -OCH3 is 2. The van der Waals surface area contributed by atoms with Gasteiger partial charge in [-0.2, -0.15) is 0 Å². The first-order valence-electron chi connectivity index (χ1n) is 9.95. The minimum absolute atomic E-state index is 0.713. The highest BCUT2D eigenvalue weighted by Gasteiger charge is 2.22. The van der Waals surface area contributed by atoms with E-state index in [0.717, 1.165) is 30.9 Å². The van der Waals surface area contributed by atoms with Crippen LogP contribution < -0.4 is 9.47 Å². The normalized spacial score (nSPS) is 17.6. The first-order chi connectivity index (χ1) is 13.2. The standard InChI is InChI=1S/C24H29NO2/c1-26-23-15-21-13-20(14-22(21)16-24(23)27-2)12-18-8-10-25(11-9-18)17-19-6-4-3-5-7-19/h3-7,12,15-16,18H,8-11,13-14,17H2,1-2H3. The molecule has 1 fully saturated rings. The summed E-state index contributed by atoms with van der Waals surface area (Å²) in [5.41, 5.74) is 5.76. The number of fused-ring (bicyclic) bond motifs is 1. The first-order valence-corrected chi connectivity index (χ1v) is 9.95. The van der Waals surface area contributed by atoms with Gasteiger partial charge in [0.15, 0.2) is 11.5 Å². The zero-order valence-electron chi connectivity index (χ0n) is 16.4. The van der Waals surface area contributed by atoms with E-state index in [1.807, 2.05) is 0 Å². The van der Waals surface area contributed by atoms with E-state index in [-0.39, 0.29) is 0 Å². The second kappa shape index (κ2) is 8.18. The van der Waals surface area contributed by atoms with E-state index >= 15 is 0 Å². The van der Waals surface area contributed by atoms with Gasteiger partial charge in [-0.05, 0) is 73.5 Å². The Kier molecular flexibility index (Phi) is 5.49. The molecule has 0 amide bonds. The molecular formula is C24H29NO2. The molecule has 1 heterocycles. The van der Waals surface area contributed by atoms with Crippen molar-refractivity contribution in [2.75, 3.05) is 27.3 Å². The van der Waals surface area contributed by atoms with E-state index in [4.69, 9.17) is 9.47 Å². The van der Waals surface area contributed by atoms with Crippen LogP contribution in [0.15, 0.2) is 54.1 Å². The number of benzene rings is 2. The van der Waals surface area contributed by atoms with Crippen LogP contribution in [0.3, 0.4) is 0 Å². The van der Waals surface area contributed by atoms with E-state index in [0.29, 0.717) is 5.92 Å². The topological polar surface area (TPSA) is 21.7 Å². The lowest BCUT2D eigenvalue weighted by Gasteiger charge is -2.31. The second-order valence-corrected chi connectivity index (χ2v) is 7.75. The molecule has 1 saturated heterocycles. The van der Waals surface area contributed by atoms with Crippen molar-refractivity contribution in [1.82, 2.24) is 4.90 Å². The van der Waals surface area contributed by atoms with Gasteiger partial charge in [-0.25, -0.2) is 0 Å². The zero-order chi connectivity index (χ0) is 18.6. The molecule has 0 unspecified atom stereocenters. The smallest absolute Gasteiger partial charge is 0.161 e. The fourth-order valence-corrected chi connectivity index (χ4v) is 4.41. The van der Waals surface area contributed by atoms with Crippen molar-refractivity contribution in [2.45, 2.75) is 32.2 Å². The molecule has 0 bridgehead atoms. The molecule has 142 valence electrons. The lowest BCUT2D eigenvalue weighted by molar-refractivity contribution is 0.195. The summed E-state index contributed by atoms with van der Waals surface area (Å²) in [5, 5.41) is 0. The van der Waals surface area contributed by atoms with Gasteiger partial charge in [0.1, 0.15) is 0 Å². The van der Waals surface area contributed by atoms with E-state index in [1.54, 1.807) is 19.8 Å². The first kappa shape index (κ1) is 18.1. The molecule has 0 N–H and O–H groups in total. The van der Waals surface area contributed by atoms with Crippen LogP contribution >= 0.6 is 0 Å². The Morgan fingerprint density at radius 3 is 2.07 bits per heavy atom. The monoisotopic (exact) mass is 363 g/mol. The maximum Gasteiger partial charge on any atom is 0.161 e. The van der Waals surface area contributed by atoms with Crippen LogP contribution in [0.25, 0.3) is 0 Å². The second-order valence-electron chi connectivity index (χ2n) is 7.75. The summed E-state index contributed by atoms with van der Waals surface area (Å²) in [6.07, 6.45) is 7.19. The molecule has 0 saturated carbocycles. The minimum Gasteiger partial charge on any atom is -0.493 e. The molecule has 0 spiro atoms. The number of ether oxygens (including phenoxy) is 2. The molecule has 3 heteroatoms. The maximum absolute atomic E-state index is 5.46. The van der Waals surface area contributed by atoms with Crippen LogP contribution in [0.4, 0.5) is 0 Å². The van der Waals surface area contributed by atoms with Gasteiger partial charge < -0.3 is 9.47 Å². The zero-order valence-corrected chi connectivity index (χ0v) is 16.4. The Labute approximate surface area is 162 Å². The van der Waals surface area contributed by atoms with E-state index in [1.165, 1.54) is 42.6 Å². The molecule has 2 aromatic rings. The van der Waals surface area contributed by atoms with Crippen LogP contribution in [0.5, 0.6) is 11.5 Å². The predicted octanol–water partition coefficient (Wildman–Crippen LogP) is 4.64. The molecule has 2 aromatic carbocycles. The maximum atomic E-state index is 5.46. The number of rotatable bonds is 5. The van der Waals surface area contributed by atoms with Gasteiger partial charge >= 0.3 is 0 Å². The van der Waals surface area contributed by atoms with Gasteiger partial charge in [0.05, 0.1) is 14.2 Å². The highest BCUT2D eigenvalue weighted by atomic mass is 16.5. The molecule has 0 aromatic heterocycles. The van der Waals surface area contributed by atoms with Crippen LogP contribution in [0.1, 0.15) is 29.5 Å². The summed E-state index contributed by atoms with van der Waals surface area (Å²) in [4.78, 5) is 2.59. The number of nitrogens with zero attached hydrogens (tertiary/aromatic N) is 1. The third-order valence-electron chi connectivity index (χ3n) is 5.89. The molecule has 1 aliphatic heterocycles. The Morgan fingerprint density at radius 2 is 1.52 bits per heavy atom. The lowest BCUT2D eigenvalue weighted by atomic mass is 9.93. The van der Waals surface area contributed by atoms with Gasteiger partial charge in [0.25, 0.3) is 0 Å². The fourth-order valence-electron chi connectivity index (χ4n) is 4.41. The Morgan fingerprint density at radius 1 is 0.926 bits per heavy atom. The number of hydrogen-bond acceptors (Lipinski definition) is 3. The van der Waals surface area contributed by atoms with Crippen molar-refractivity contribution in [3.63, 3.8) is 0 Å². The SMILES string of the molecule is COc1cc2c(cc1OC)CC(=CC1CCN(Cc3ccccc3)CC1)C2. The Hall–Kier alpha value is -2.26. The number of hydrogen-bond donors (Lipinski definition) is 0. The van der Waals surface area contributed by atoms with Gasteiger partial charge in [0.2, 0.25) is 0 Å². The van der Waals surface area contributed by atoms with Crippen molar-refractivity contribution in [1.29, 1.82) is 0 Å². The quantitative estimate of drug-likeness (QED) is 0.722. The fraction of sp³-hybridized carbons (Fsp3) is 0.417. The van der Waals surface area contributed by atoms with Crippen molar-refractivity contribution in [3.8, 4) is 11.5 Å². The molecule has 2 aliphatic rings. The van der Waals surface area contributed by atoms with Crippen LogP contribution in [-0.2, 0) is 19.4 Å². The number of likely N-dealkylation sites (tertiary alicyclic amines) is 1. The Bertz CT molecular complexity index is 770. The van der Waals surface area contributed by atoms with Crippen LogP contribution in [0.2, 0.25) is 0 Å². The summed E-state index contributed by atoms with van der Waals surface area (Å²) in [6.45, 7) is 3.46. The third-order valence-corrected chi connectivity index (χ3v) is 5.89. The van der Waals surface area contributed by atoms with Crippen molar-refractivity contribution >= 4 is 0 Å². The van der Waals surface area contributed by atoms with E-state index in [2.05, 4.69) is 53.4 Å². The molecule has 0 atom stereocenters. The number of piperidine rings is 1. The third kappa shape index (κ3) is 4.19. The molecule has 4 rings (SSSR count). The lowest BCUT2D eigenvalue weighted by Crippen LogP contribution is -2.32. The summed E-state index contributed by atoms with van der Waals surface area (Å²) >= 11 is 0. The highest BCUT2D eigenvalue weighted by Crippen LogP contribution is 2.37.